The van der Waals surface area contributed by atoms with E-state index >= 15 is 0 Å². The van der Waals surface area contributed by atoms with Crippen LogP contribution < -0.4 is 4.74 Å². The highest BCUT2D eigenvalue weighted by atomic mass is 16.5. The van der Waals surface area contributed by atoms with Crippen molar-refractivity contribution in [1.29, 1.82) is 0 Å². The number of carbonyl (C=O) groups is 1. The molecule has 6 heteroatoms. The van der Waals surface area contributed by atoms with Gasteiger partial charge in [-0.05, 0) is 22.9 Å². The summed E-state index contributed by atoms with van der Waals surface area (Å²) in [6.45, 7) is 0.0507. The van der Waals surface area contributed by atoms with Gasteiger partial charge in [-0.25, -0.2) is 4.79 Å². The minimum Gasteiger partial charge on any atom is -0.485 e. The maximum absolute atomic E-state index is 11.3. The summed E-state index contributed by atoms with van der Waals surface area (Å²) in [7, 11) is 0. The molecule has 1 heterocycles. The van der Waals surface area contributed by atoms with Gasteiger partial charge in [0.2, 0.25) is 12.2 Å². The third kappa shape index (κ3) is 2.31. The summed E-state index contributed by atoms with van der Waals surface area (Å²) in [5, 5.41) is 14.6. The molecular weight excluding hydrogens is 260 g/mol. The highest BCUT2D eigenvalue weighted by Crippen LogP contribution is 2.26. The van der Waals surface area contributed by atoms with Crippen molar-refractivity contribution in [2.45, 2.75) is 6.61 Å². The van der Waals surface area contributed by atoms with Gasteiger partial charge >= 0.3 is 5.97 Å². The van der Waals surface area contributed by atoms with Crippen molar-refractivity contribution >= 4 is 16.7 Å². The zero-order chi connectivity index (χ0) is 13.9. The largest absolute Gasteiger partial charge is 0.485 e. The lowest BCUT2D eigenvalue weighted by Gasteiger charge is -2.09. The van der Waals surface area contributed by atoms with Crippen molar-refractivity contribution in [2.24, 2.45) is 0 Å². The van der Waals surface area contributed by atoms with Crippen molar-refractivity contribution in [1.82, 2.24) is 10.1 Å². The lowest BCUT2D eigenvalue weighted by Crippen LogP contribution is -2.04. The number of benzene rings is 2. The molecule has 0 spiro atoms. The number of aromatic carboxylic acids is 1. The normalized spacial score (nSPS) is 10.6. The van der Waals surface area contributed by atoms with Crippen LogP contribution in [-0.4, -0.2) is 21.2 Å². The Morgan fingerprint density at radius 2 is 2.00 bits per heavy atom. The predicted octanol–water partition coefficient (Wildman–Crippen LogP) is 2.50. The highest BCUT2D eigenvalue weighted by molar-refractivity contribution is 5.97. The summed E-state index contributed by atoms with van der Waals surface area (Å²) in [6.07, 6.45) is 1.19. The summed E-state index contributed by atoms with van der Waals surface area (Å²) in [4.78, 5) is 15.1. The highest BCUT2D eigenvalue weighted by Gasteiger charge is 2.13. The van der Waals surface area contributed by atoms with E-state index in [2.05, 4.69) is 14.7 Å². The minimum absolute atomic E-state index is 0.0507. The molecule has 0 amide bonds. The van der Waals surface area contributed by atoms with Crippen LogP contribution in [0, 0.1) is 0 Å². The molecule has 0 fully saturated rings. The van der Waals surface area contributed by atoms with Gasteiger partial charge in [-0.1, -0.05) is 29.4 Å². The molecule has 1 N–H and O–H groups in total. The SMILES string of the molecule is O=C(O)c1cc2ccccc2cc1OCc1ncon1. The average Bonchev–Trinajstić information content (AvgIpc) is 2.97. The number of fused-ring (bicyclic) bond motifs is 1. The van der Waals surface area contributed by atoms with E-state index < -0.39 is 5.97 Å². The van der Waals surface area contributed by atoms with Crippen molar-refractivity contribution in [2.75, 3.05) is 0 Å². The molecule has 3 rings (SSSR count). The van der Waals surface area contributed by atoms with Gasteiger partial charge in [0.15, 0.2) is 6.61 Å². The van der Waals surface area contributed by atoms with Crippen LogP contribution in [0.25, 0.3) is 10.8 Å². The average molecular weight is 270 g/mol. The van der Waals surface area contributed by atoms with Gasteiger partial charge < -0.3 is 14.4 Å². The van der Waals surface area contributed by atoms with Crippen LogP contribution in [0.1, 0.15) is 16.2 Å². The van der Waals surface area contributed by atoms with Crippen LogP contribution in [0.3, 0.4) is 0 Å². The van der Waals surface area contributed by atoms with Crippen LogP contribution in [0.4, 0.5) is 0 Å². The van der Waals surface area contributed by atoms with E-state index in [1.165, 1.54) is 6.39 Å². The zero-order valence-corrected chi connectivity index (χ0v) is 10.3. The number of nitrogens with zero attached hydrogens (tertiary/aromatic N) is 2. The Labute approximate surface area is 113 Å². The van der Waals surface area contributed by atoms with Crippen molar-refractivity contribution in [3.05, 3.63) is 54.2 Å². The topological polar surface area (TPSA) is 85.5 Å². The smallest absolute Gasteiger partial charge is 0.339 e. The second-order valence-electron chi connectivity index (χ2n) is 4.14. The van der Waals surface area contributed by atoms with Gasteiger partial charge in [0.05, 0.1) is 0 Å². The number of hydrogen-bond acceptors (Lipinski definition) is 5. The summed E-state index contributed by atoms with van der Waals surface area (Å²) in [5.74, 6) is -0.408. The van der Waals surface area contributed by atoms with E-state index in [4.69, 9.17) is 4.74 Å². The van der Waals surface area contributed by atoms with Crippen LogP contribution in [0.15, 0.2) is 47.3 Å². The van der Waals surface area contributed by atoms with Gasteiger partial charge in [0, 0.05) is 0 Å². The first-order valence-electron chi connectivity index (χ1n) is 5.88. The first-order chi connectivity index (χ1) is 9.74. The Kier molecular flexibility index (Phi) is 3.04. The monoisotopic (exact) mass is 270 g/mol. The summed E-state index contributed by atoms with van der Waals surface area (Å²) >= 11 is 0. The fraction of sp³-hybridized carbons (Fsp3) is 0.0714. The molecule has 2 aromatic carbocycles. The molecule has 0 aliphatic rings. The van der Waals surface area contributed by atoms with Gasteiger partial charge in [-0.3, -0.25) is 0 Å². The molecule has 6 nitrogen and oxygen atoms in total. The van der Waals surface area contributed by atoms with Gasteiger partial charge in [-0.2, -0.15) is 4.98 Å². The Morgan fingerprint density at radius 3 is 2.65 bits per heavy atom. The van der Waals surface area contributed by atoms with Crippen molar-refractivity contribution < 1.29 is 19.2 Å². The second kappa shape index (κ2) is 5.00. The Hall–Kier alpha value is -2.89. The molecule has 0 bridgehead atoms. The van der Waals surface area contributed by atoms with E-state index in [1.54, 1.807) is 12.1 Å². The standard InChI is InChI=1S/C14H10N2O4/c17-14(18)11-5-9-3-1-2-4-10(9)6-12(11)19-7-13-15-8-20-16-13/h1-6,8H,7H2,(H,17,18). The van der Waals surface area contributed by atoms with Crippen molar-refractivity contribution in [3.63, 3.8) is 0 Å². The number of rotatable bonds is 4. The lowest BCUT2D eigenvalue weighted by atomic mass is 10.1. The van der Waals surface area contributed by atoms with Crippen LogP contribution >= 0.6 is 0 Å². The van der Waals surface area contributed by atoms with E-state index in [0.29, 0.717) is 5.82 Å². The van der Waals surface area contributed by atoms with Crippen LogP contribution in [0.5, 0.6) is 5.75 Å². The van der Waals surface area contributed by atoms with Gasteiger partial charge in [0.25, 0.3) is 0 Å². The molecule has 20 heavy (non-hydrogen) atoms. The third-order valence-electron chi connectivity index (χ3n) is 2.84. The van der Waals surface area contributed by atoms with E-state index in [-0.39, 0.29) is 17.9 Å². The van der Waals surface area contributed by atoms with E-state index in [1.807, 2.05) is 24.3 Å². The Balaban J connectivity index is 1.98. The molecule has 100 valence electrons. The molecule has 3 aromatic rings. The molecule has 0 atom stereocenters. The first kappa shape index (κ1) is 12.2. The molecule has 0 saturated carbocycles. The number of hydrogen-bond donors (Lipinski definition) is 1. The second-order valence-corrected chi connectivity index (χ2v) is 4.14. The van der Waals surface area contributed by atoms with E-state index in [0.717, 1.165) is 10.8 Å². The predicted molar refractivity (Wildman–Crippen MR) is 69.5 cm³/mol. The van der Waals surface area contributed by atoms with E-state index in [9.17, 15) is 9.90 Å². The maximum atomic E-state index is 11.3. The van der Waals surface area contributed by atoms with Crippen LogP contribution in [-0.2, 0) is 6.61 Å². The molecule has 0 aliphatic carbocycles. The zero-order valence-electron chi connectivity index (χ0n) is 10.3. The quantitative estimate of drug-likeness (QED) is 0.783. The summed E-state index contributed by atoms with van der Waals surface area (Å²) < 4.78 is 10.1. The van der Waals surface area contributed by atoms with Crippen molar-refractivity contribution in [3.8, 4) is 5.75 Å². The Bertz CT molecular complexity index is 753. The van der Waals surface area contributed by atoms with Crippen LogP contribution in [0.2, 0.25) is 0 Å². The van der Waals surface area contributed by atoms with Gasteiger partial charge in [-0.15, -0.1) is 0 Å². The molecule has 0 saturated heterocycles. The molecule has 1 aromatic heterocycles. The maximum Gasteiger partial charge on any atom is 0.339 e. The molecule has 0 aliphatic heterocycles. The number of carboxylic acid groups (broad SMARTS) is 1. The number of aromatic nitrogens is 2. The fourth-order valence-electron chi connectivity index (χ4n) is 1.90. The minimum atomic E-state index is -1.04. The lowest BCUT2D eigenvalue weighted by molar-refractivity contribution is 0.0692. The fourth-order valence-corrected chi connectivity index (χ4v) is 1.90. The third-order valence-corrected chi connectivity index (χ3v) is 2.84. The summed E-state index contributed by atoms with van der Waals surface area (Å²) in [6, 6.07) is 10.8. The first-order valence-corrected chi connectivity index (χ1v) is 5.88. The van der Waals surface area contributed by atoms with Gasteiger partial charge in [0.1, 0.15) is 11.3 Å². The number of ether oxygens (including phenoxy) is 1. The molecular formula is C14H10N2O4. The molecule has 0 unspecified atom stereocenters. The Morgan fingerprint density at radius 1 is 1.25 bits per heavy atom. The molecule has 0 radical (unpaired) electrons. The summed E-state index contributed by atoms with van der Waals surface area (Å²) in [5.41, 5.74) is 0.104. The number of carboxylic acids is 1.